The Hall–Kier alpha value is -6.20. The lowest BCUT2D eigenvalue weighted by molar-refractivity contribution is 0.669. The van der Waals surface area contributed by atoms with Crippen molar-refractivity contribution in [2.24, 2.45) is 0 Å². The van der Waals surface area contributed by atoms with Crippen LogP contribution in [0.2, 0.25) is 0 Å². The normalized spacial score (nSPS) is 11.6. The first-order chi connectivity index (χ1) is 22.3. The van der Waals surface area contributed by atoms with Crippen LogP contribution in [-0.2, 0) is 0 Å². The number of furan rings is 1. The fourth-order valence-electron chi connectivity index (χ4n) is 6.35. The Balaban J connectivity index is 1.35. The number of fused-ring (bicyclic) bond motifs is 5. The lowest BCUT2D eigenvalue weighted by Crippen LogP contribution is -2.01. The van der Waals surface area contributed by atoms with Gasteiger partial charge < -0.3 is 4.42 Å². The molecule has 210 valence electrons. The molecule has 5 heteroatoms. The van der Waals surface area contributed by atoms with Crippen LogP contribution in [0.4, 0.5) is 0 Å². The first-order valence-corrected chi connectivity index (χ1v) is 14.9. The highest BCUT2D eigenvalue weighted by molar-refractivity contribution is 6.12. The van der Waals surface area contributed by atoms with Gasteiger partial charge >= 0.3 is 0 Å². The van der Waals surface area contributed by atoms with E-state index >= 15 is 0 Å². The maximum absolute atomic E-state index is 6.23. The first kappa shape index (κ1) is 25.3. The summed E-state index contributed by atoms with van der Waals surface area (Å²) < 4.78 is 6.23. The predicted molar refractivity (Wildman–Crippen MR) is 182 cm³/mol. The van der Waals surface area contributed by atoms with Crippen molar-refractivity contribution < 1.29 is 4.42 Å². The van der Waals surface area contributed by atoms with E-state index in [1.807, 2.05) is 60.8 Å². The Kier molecular flexibility index (Phi) is 5.74. The van der Waals surface area contributed by atoms with Crippen LogP contribution in [0.3, 0.4) is 0 Å². The van der Waals surface area contributed by atoms with Crippen molar-refractivity contribution in [2.75, 3.05) is 0 Å². The van der Waals surface area contributed by atoms with E-state index in [1.54, 1.807) is 0 Å². The molecular weight excluding hydrogens is 552 g/mol. The number of hydrogen-bond acceptors (Lipinski definition) is 5. The summed E-state index contributed by atoms with van der Waals surface area (Å²) >= 11 is 0. The summed E-state index contributed by atoms with van der Waals surface area (Å²) in [6, 6.07) is 47.5. The second kappa shape index (κ2) is 10.2. The van der Waals surface area contributed by atoms with Crippen molar-refractivity contribution in [3.8, 4) is 45.3 Å². The van der Waals surface area contributed by atoms with Crippen molar-refractivity contribution >= 4 is 43.6 Å². The molecule has 6 aromatic carbocycles. The van der Waals surface area contributed by atoms with Crippen molar-refractivity contribution in [2.45, 2.75) is 0 Å². The summed E-state index contributed by atoms with van der Waals surface area (Å²) in [4.78, 5) is 20.2. The van der Waals surface area contributed by atoms with Crippen LogP contribution in [0.5, 0.6) is 0 Å². The van der Waals surface area contributed by atoms with Crippen LogP contribution in [0.15, 0.2) is 150 Å². The highest BCUT2D eigenvalue weighted by Crippen LogP contribution is 2.39. The van der Waals surface area contributed by atoms with Crippen LogP contribution in [0, 0.1) is 0 Å². The Bertz CT molecular complexity index is 2550. The molecule has 3 heterocycles. The number of pyridine rings is 1. The van der Waals surface area contributed by atoms with Crippen LogP contribution >= 0.6 is 0 Å². The Morgan fingerprint density at radius 1 is 0.400 bits per heavy atom. The van der Waals surface area contributed by atoms with Crippen molar-refractivity contribution in [3.63, 3.8) is 0 Å². The molecule has 0 aliphatic carbocycles. The van der Waals surface area contributed by atoms with E-state index in [2.05, 4.69) is 84.9 Å². The van der Waals surface area contributed by atoms with Gasteiger partial charge in [-0.15, -0.1) is 0 Å². The van der Waals surface area contributed by atoms with E-state index in [4.69, 9.17) is 24.4 Å². The summed E-state index contributed by atoms with van der Waals surface area (Å²) in [6.45, 7) is 0. The average molecular weight is 577 g/mol. The minimum atomic E-state index is 0.570. The minimum absolute atomic E-state index is 0.570. The predicted octanol–water partition coefficient (Wildman–Crippen LogP) is 10.1. The second-order valence-electron chi connectivity index (χ2n) is 11.0. The van der Waals surface area contributed by atoms with Gasteiger partial charge in [0.1, 0.15) is 11.2 Å². The summed E-state index contributed by atoms with van der Waals surface area (Å²) in [5.41, 5.74) is 7.48. The molecule has 0 amide bonds. The van der Waals surface area contributed by atoms with E-state index in [9.17, 15) is 0 Å². The number of nitrogens with zero attached hydrogens (tertiary/aromatic N) is 4. The summed E-state index contributed by atoms with van der Waals surface area (Å²) in [5, 5.41) is 5.25. The molecule has 3 aromatic heterocycles. The van der Waals surface area contributed by atoms with Gasteiger partial charge in [-0.05, 0) is 52.2 Å². The van der Waals surface area contributed by atoms with Crippen LogP contribution in [0.25, 0.3) is 88.9 Å². The maximum Gasteiger partial charge on any atom is 0.166 e. The molecule has 0 saturated heterocycles. The van der Waals surface area contributed by atoms with Gasteiger partial charge in [0.25, 0.3) is 0 Å². The fourth-order valence-corrected chi connectivity index (χ4v) is 6.35. The molecule has 0 aliphatic heterocycles. The SMILES string of the molecule is c1ccc(-c2ccc(-c3nc(-c4cccc5cccnc45)nc(-c4cccc5oc6ccccc6c45)n3)c3ccccc23)cc1. The topological polar surface area (TPSA) is 64.7 Å². The summed E-state index contributed by atoms with van der Waals surface area (Å²) in [7, 11) is 0. The Morgan fingerprint density at radius 2 is 1.00 bits per heavy atom. The molecule has 0 saturated carbocycles. The third kappa shape index (κ3) is 4.17. The molecule has 0 atom stereocenters. The lowest BCUT2D eigenvalue weighted by Gasteiger charge is -2.13. The molecule has 9 rings (SSSR count). The standard InChI is InChI=1S/C40H24N4O/c1-2-11-25(12-3-1)27-22-23-30(29-16-5-4-15-28(27)29)38-42-39(32-18-9-21-35-36(32)31-17-6-7-20-34(31)45-35)44-40(43-38)33-19-8-13-26-14-10-24-41-37(26)33/h1-24H. The van der Waals surface area contributed by atoms with Crippen molar-refractivity contribution in [1.29, 1.82) is 0 Å². The summed E-state index contributed by atoms with van der Waals surface area (Å²) in [6.07, 6.45) is 1.81. The van der Waals surface area contributed by atoms with Gasteiger partial charge in [0, 0.05) is 39.0 Å². The molecule has 5 nitrogen and oxygen atoms in total. The molecule has 0 spiro atoms. The average Bonchev–Trinajstić information content (AvgIpc) is 3.50. The quantitative estimate of drug-likeness (QED) is 0.209. The van der Waals surface area contributed by atoms with E-state index < -0.39 is 0 Å². The van der Waals surface area contributed by atoms with Gasteiger partial charge in [-0.3, -0.25) is 4.98 Å². The zero-order valence-corrected chi connectivity index (χ0v) is 24.1. The van der Waals surface area contributed by atoms with Gasteiger partial charge in [0.05, 0.1) is 5.52 Å². The van der Waals surface area contributed by atoms with Crippen molar-refractivity contribution in [3.05, 3.63) is 146 Å². The highest BCUT2D eigenvalue weighted by Gasteiger charge is 2.20. The minimum Gasteiger partial charge on any atom is -0.456 e. The molecule has 0 aliphatic rings. The number of hydrogen-bond donors (Lipinski definition) is 0. The number of aromatic nitrogens is 4. The van der Waals surface area contributed by atoms with Gasteiger partial charge in [-0.25, -0.2) is 15.0 Å². The molecular formula is C40H24N4O. The number of para-hydroxylation sites is 2. The van der Waals surface area contributed by atoms with Gasteiger partial charge in [-0.1, -0.05) is 109 Å². The third-order valence-corrected chi connectivity index (χ3v) is 8.40. The fraction of sp³-hybridized carbons (Fsp3) is 0. The zero-order chi connectivity index (χ0) is 29.7. The Labute approximate surface area is 258 Å². The molecule has 9 aromatic rings. The largest absolute Gasteiger partial charge is 0.456 e. The highest BCUT2D eigenvalue weighted by atomic mass is 16.3. The van der Waals surface area contributed by atoms with Crippen LogP contribution < -0.4 is 0 Å². The maximum atomic E-state index is 6.23. The van der Waals surface area contributed by atoms with E-state index in [0.717, 1.165) is 71.4 Å². The zero-order valence-electron chi connectivity index (χ0n) is 24.1. The monoisotopic (exact) mass is 576 g/mol. The first-order valence-electron chi connectivity index (χ1n) is 14.9. The van der Waals surface area contributed by atoms with E-state index in [1.165, 1.54) is 0 Å². The molecule has 0 N–H and O–H groups in total. The molecule has 0 unspecified atom stereocenters. The number of rotatable bonds is 4. The van der Waals surface area contributed by atoms with Crippen LogP contribution in [-0.4, -0.2) is 19.9 Å². The Morgan fingerprint density at radius 3 is 1.84 bits per heavy atom. The lowest BCUT2D eigenvalue weighted by atomic mass is 9.94. The van der Waals surface area contributed by atoms with Gasteiger partial charge in [-0.2, -0.15) is 0 Å². The molecule has 45 heavy (non-hydrogen) atoms. The van der Waals surface area contributed by atoms with E-state index in [0.29, 0.717) is 17.5 Å². The van der Waals surface area contributed by atoms with Gasteiger partial charge in [0.2, 0.25) is 0 Å². The number of benzene rings is 6. The molecule has 0 radical (unpaired) electrons. The van der Waals surface area contributed by atoms with Gasteiger partial charge in [0.15, 0.2) is 17.5 Å². The van der Waals surface area contributed by atoms with Crippen molar-refractivity contribution in [1.82, 2.24) is 19.9 Å². The second-order valence-corrected chi connectivity index (χ2v) is 11.0. The third-order valence-electron chi connectivity index (χ3n) is 8.40. The van der Waals surface area contributed by atoms with Crippen LogP contribution in [0.1, 0.15) is 0 Å². The smallest absolute Gasteiger partial charge is 0.166 e. The van der Waals surface area contributed by atoms with E-state index in [-0.39, 0.29) is 0 Å². The molecule has 0 fully saturated rings. The summed E-state index contributed by atoms with van der Waals surface area (Å²) in [5.74, 6) is 1.75. The molecule has 0 bridgehead atoms.